The predicted octanol–water partition coefficient (Wildman–Crippen LogP) is -0.904. The van der Waals surface area contributed by atoms with Crippen molar-refractivity contribution in [3.05, 3.63) is 0 Å². The third-order valence-electron chi connectivity index (χ3n) is 3.38. The zero-order valence-electron chi connectivity index (χ0n) is 11.7. The minimum absolute atomic E-state index is 0.0531. The number of carboxylic acid groups (broad SMARTS) is 1. The molecule has 0 aromatic rings. The second-order valence-electron chi connectivity index (χ2n) is 4.77. The molecular formula is C11H21N3O5S. The van der Waals surface area contributed by atoms with Crippen LogP contribution in [0, 0.1) is 5.92 Å². The van der Waals surface area contributed by atoms with Gasteiger partial charge in [0.25, 0.3) is 10.2 Å². The van der Waals surface area contributed by atoms with Crippen LogP contribution in [0.2, 0.25) is 0 Å². The smallest absolute Gasteiger partial charge is 0.307 e. The molecule has 1 rings (SSSR count). The minimum atomic E-state index is -3.81. The Balaban J connectivity index is 2.60. The molecule has 1 unspecified atom stereocenters. The molecule has 0 aromatic carbocycles. The summed E-state index contributed by atoms with van der Waals surface area (Å²) in [5.41, 5.74) is 0. The fraction of sp³-hybridized carbons (Fsp3) is 0.818. The summed E-state index contributed by atoms with van der Waals surface area (Å²) in [4.78, 5) is 23.9. The van der Waals surface area contributed by atoms with Gasteiger partial charge in [-0.1, -0.05) is 0 Å². The Kier molecular flexibility index (Phi) is 5.90. The quantitative estimate of drug-likeness (QED) is 0.661. The molecule has 1 atom stereocenters. The van der Waals surface area contributed by atoms with Gasteiger partial charge in [0.1, 0.15) is 0 Å². The Morgan fingerprint density at radius 2 is 2.10 bits per heavy atom. The van der Waals surface area contributed by atoms with Crippen molar-refractivity contribution in [3.63, 3.8) is 0 Å². The molecule has 0 bridgehead atoms. The summed E-state index contributed by atoms with van der Waals surface area (Å²) in [6.07, 6.45) is 0.972. The molecule has 2 N–H and O–H groups in total. The number of nitrogens with zero attached hydrogens (tertiary/aromatic N) is 2. The highest BCUT2D eigenvalue weighted by atomic mass is 32.2. The van der Waals surface area contributed by atoms with Crippen LogP contribution in [0.1, 0.15) is 19.8 Å². The molecule has 0 aromatic heterocycles. The summed E-state index contributed by atoms with van der Waals surface area (Å²) >= 11 is 0. The van der Waals surface area contributed by atoms with Crippen molar-refractivity contribution in [1.29, 1.82) is 0 Å². The third kappa shape index (κ3) is 4.43. The lowest BCUT2D eigenvalue weighted by Crippen LogP contribution is -2.49. The Morgan fingerprint density at radius 3 is 2.65 bits per heavy atom. The molecule has 1 aliphatic rings. The number of hydrogen-bond donors (Lipinski definition) is 2. The van der Waals surface area contributed by atoms with Crippen LogP contribution in [0.15, 0.2) is 0 Å². The molecule has 1 fully saturated rings. The monoisotopic (exact) mass is 307 g/mol. The first-order valence-corrected chi connectivity index (χ1v) is 7.93. The molecule has 1 saturated heterocycles. The third-order valence-corrected chi connectivity index (χ3v) is 4.90. The van der Waals surface area contributed by atoms with Crippen LogP contribution in [-0.4, -0.2) is 67.8 Å². The van der Waals surface area contributed by atoms with E-state index in [-0.39, 0.29) is 25.5 Å². The number of amides is 1. The number of hydrogen-bond acceptors (Lipinski definition) is 4. The van der Waals surface area contributed by atoms with E-state index < -0.39 is 22.1 Å². The summed E-state index contributed by atoms with van der Waals surface area (Å²) in [7, 11) is -2.23. The average Bonchev–Trinajstić information content (AvgIpc) is 2.44. The molecule has 0 spiro atoms. The molecule has 20 heavy (non-hydrogen) atoms. The maximum atomic E-state index is 12.0. The van der Waals surface area contributed by atoms with E-state index in [0.717, 1.165) is 4.31 Å². The zero-order chi connectivity index (χ0) is 15.3. The van der Waals surface area contributed by atoms with E-state index in [4.69, 9.17) is 5.11 Å². The zero-order valence-corrected chi connectivity index (χ0v) is 12.5. The molecular weight excluding hydrogens is 286 g/mol. The van der Waals surface area contributed by atoms with E-state index in [1.165, 1.54) is 4.90 Å². The highest BCUT2D eigenvalue weighted by molar-refractivity contribution is 7.87. The van der Waals surface area contributed by atoms with Crippen LogP contribution in [0.3, 0.4) is 0 Å². The van der Waals surface area contributed by atoms with Crippen molar-refractivity contribution in [3.8, 4) is 0 Å². The fourth-order valence-corrected chi connectivity index (χ4v) is 3.15. The number of nitrogens with one attached hydrogen (secondary N) is 1. The maximum absolute atomic E-state index is 12.0. The minimum Gasteiger partial charge on any atom is -0.481 e. The van der Waals surface area contributed by atoms with E-state index >= 15 is 0 Å². The lowest BCUT2D eigenvalue weighted by Gasteiger charge is -2.29. The Bertz CT molecular complexity index is 465. The predicted molar refractivity (Wildman–Crippen MR) is 72.2 cm³/mol. The van der Waals surface area contributed by atoms with Gasteiger partial charge in [-0.3, -0.25) is 9.59 Å². The summed E-state index contributed by atoms with van der Waals surface area (Å²) in [6, 6.07) is 0. The molecule has 1 aliphatic heterocycles. The van der Waals surface area contributed by atoms with Crippen molar-refractivity contribution in [2.24, 2.45) is 5.92 Å². The van der Waals surface area contributed by atoms with Crippen molar-refractivity contribution in [2.75, 3.05) is 33.2 Å². The first kappa shape index (κ1) is 16.9. The highest BCUT2D eigenvalue weighted by Crippen LogP contribution is 2.18. The Morgan fingerprint density at radius 1 is 1.45 bits per heavy atom. The highest BCUT2D eigenvalue weighted by Gasteiger charge is 2.32. The van der Waals surface area contributed by atoms with E-state index in [1.807, 2.05) is 0 Å². The van der Waals surface area contributed by atoms with Crippen LogP contribution in [0.25, 0.3) is 0 Å². The van der Waals surface area contributed by atoms with E-state index in [1.54, 1.807) is 14.0 Å². The van der Waals surface area contributed by atoms with E-state index in [9.17, 15) is 18.0 Å². The van der Waals surface area contributed by atoms with Gasteiger partial charge >= 0.3 is 5.97 Å². The molecule has 1 heterocycles. The number of likely N-dealkylation sites (N-methyl/N-ethyl adjacent to an activating group) is 1. The molecule has 0 aliphatic carbocycles. The maximum Gasteiger partial charge on any atom is 0.307 e. The lowest BCUT2D eigenvalue weighted by molar-refractivity contribution is -0.143. The lowest BCUT2D eigenvalue weighted by atomic mass is 10.0. The van der Waals surface area contributed by atoms with Gasteiger partial charge in [-0.25, -0.2) is 0 Å². The summed E-state index contributed by atoms with van der Waals surface area (Å²) in [6.45, 7) is 2.18. The van der Waals surface area contributed by atoms with E-state index in [0.29, 0.717) is 19.4 Å². The van der Waals surface area contributed by atoms with Gasteiger partial charge in [0.2, 0.25) is 5.91 Å². The molecule has 8 nitrogen and oxygen atoms in total. The number of aliphatic carboxylic acids is 1. The van der Waals surface area contributed by atoms with Crippen molar-refractivity contribution < 1.29 is 23.1 Å². The summed E-state index contributed by atoms with van der Waals surface area (Å²) < 4.78 is 27.3. The number of carboxylic acids is 1. The number of rotatable bonds is 6. The molecule has 116 valence electrons. The van der Waals surface area contributed by atoms with Crippen LogP contribution in [-0.2, 0) is 19.8 Å². The van der Waals surface area contributed by atoms with Gasteiger partial charge in [-0.15, -0.1) is 0 Å². The fourth-order valence-electron chi connectivity index (χ4n) is 1.92. The van der Waals surface area contributed by atoms with Gasteiger partial charge in [0.15, 0.2) is 0 Å². The molecule has 9 heteroatoms. The first-order chi connectivity index (χ1) is 9.27. The Labute approximate surface area is 118 Å². The second-order valence-corrected chi connectivity index (χ2v) is 6.52. The van der Waals surface area contributed by atoms with Crippen molar-refractivity contribution in [1.82, 2.24) is 13.9 Å². The average molecular weight is 307 g/mol. The van der Waals surface area contributed by atoms with Gasteiger partial charge in [0.05, 0.1) is 12.5 Å². The normalized spacial score (nSPS) is 20.6. The first-order valence-electron chi connectivity index (χ1n) is 6.49. The number of piperidine rings is 1. The van der Waals surface area contributed by atoms with Crippen molar-refractivity contribution in [2.45, 2.75) is 19.8 Å². The standard InChI is InChI=1S/C11H21N3O5S/c1-3-13(2)10(15)7-12-20(18,19)14-6-4-5-9(8-14)11(16)17/h9,12H,3-8H2,1-2H3,(H,16,17). The Hall–Kier alpha value is -1.19. The summed E-state index contributed by atoms with van der Waals surface area (Å²) in [5.74, 6) is -2.01. The van der Waals surface area contributed by atoms with E-state index in [2.05, 4.69) is 4.72 Å². The van der Waals surface area contributed by atoms with Crippen LogP contribution >= 0.6 is 0 Å². The van der Waals surface area contributed by atoms with Gasteiger partial charge in [-0.05, 0) is 19.8 Å². The molecule has 0 radical (unpaired) electrons. The van der Waals surface area contributed by atoms with Crippen LogP contribution < -0.4 is 4.72 Å². The van der Waals surface area contributed by atoms with Crippen molar-refractivity contribution >= 4 is 22.1 Å². The number of carbonyl (C=O) groups excluding carboxylic acids is 1. The van der Waals surface area contributed by atoms with Gasteiger partial charge in [0, 0.05) is 26.7 Å². The van der Waals surface area contributed by atoms with Crippen LogP contribution in [0.5, 0.6) is 0 Å². The molecule has 0 saturated carbocycles. The van der Waals surface area contributed by atoms with Crippen LogP contribution in [0.4, 0.5) is 0 Å². The molecule has 1 amide bonds. The summed E-state index contributed by atoms with van der Waals surface area (Å²) in [5, 5.41) is 8.94. The SMILES string of the molecule is CCN(C)C(=O)CNS(=O)(=O)N1CCCC(C(=O)O)C1. The largest absolute Gasteiger partial charge is 0.481 e. The second kappa shape index (κ2) is 7.00. The van der Waals surface area contributed by atoms with Gasteiger partial charge in [-0.2, -0.15) is 17.4 Å². The van der Waals surface area contributed by atoms with Gasteiger partial charge < -0.3 is 10.0 Å². The number of carbonyl (C=O) groups is 2. The topological polar surface area (TPSA) is 107 Å².